The second-order valence-electron chi connectivity index (χ2n) is 5.72. The molecule has 0 atom stereocenters. The monoisotopic (exact) mass is 352 g/mol. The van der Waals surface area contributed by atoms with Crippen LogP contribution >= 0.6 is 11.3 Å². The first-order valence-corrected chi connectivity index (χ1v) is 9.09. The summed E-state index contributed by atoms with van der Waals surface area (Å²) in [6, 6.07) is 18.4. The predicted molar refractivity (Wildman–Crippen MR) is 101 cm³/mol. The number of hydrogen-bond acceptors (Lipinski definition) is 4. The molecule has 25 heavy (non-hydrogen) atoms. The van der Waals surface area contributed by atoms with Crippen LogP contribution in [0.5, 0.6) is 5.75 Å². The number of carbonyl (C=O) groups excluding carboxylic acids is 1. The van der Waals surface area contributed by atoms with Crippen molar-refractivity contribution in [3.63, 3.8) is 0 Å². The summed E-state index contributed by atoms with van der Waals surface area (Å²) >= 11 is 1.70. The van der Waals surface area contributed by atoms with Gasteiger partial charge in [0.2, 0.25) is 0 Å². The smallest absolute Gasteiger partial charge is 0.305 e. The molecule has 0 N–H and O–H groups in total. The first-order chi connectivity index (χ1) is 12.2. The average molecular weight is 352 g/mol. The number of esters is 1. The van der Waals surface area contributed by atoms with E-state index in [1.54, 1.807) is 11.3 Å². The summed E-state index contributed by atoms with van der Waals surface area (Å²) in [6.45, 7) is 0.527. The molecule has 2 aromatic carbocycles. The van der Waals surface area contributed by atoms with E-state index in [0.717, 1.165) is 16.9 Å². The Bertz CT molecular complexity index is 807. The van der Waals surface area contributed by atoms with Crippen molar-refractivity contribution in [3.8, 4) is 16.9 Å². The summed E-state index contributed by atoms with van der Waals surface area (Å²) in [5.41, 5.74) is 4.68. The van der Waals surface area contributed by atoms with Crippen molar-refractivity contribution < 1.29 is 14.3 Å². The summed E-state index contributed by atoms with van der Waals surface area (Å²) < 4.78 is 10.5. The van der Waals surface area contributed by atoms with Gasteiger partial charge in [-0.1, -0.05) is 30.3 Å². The van der Waals surface area contributed by atoms with Crippen molar-refractivity contribution in [2.24, 2.45) is 0 Å². The molecule has 128 valence electrons. The fraction of sp³-hybridized carbons (Fsp3) is 0.190. The van der Waals surface area contributed by atoms with Crippen LogP contribution in [-0.2, 0) is 22.6 Å². The van der Waals surface area contributed by atoms with Crippen molar-refractivity contribution in [2.45, 2.75) is 19.4 Å². The van der Waals surface area contributed by atoms with Gasteiger partial charge in [-0.15, -0.1) is 0 Å². The molecule has 4 heteroatoms. The van der Waals surface area contributed by atoms with E-state index in [1.165, 1.54) is 18.2 Å². The highest BCUT2D eigenvalue weighted by molar-refractivity contribution is 7.08. The minimum Gasteiger partial charge on any atom is -0.489 e. The van der Waals surface area contributed by atoms with Gasteiger partial charge in [-0.25, -0.2) is 0 Å². The van der Waals surface area contributed by atoms with Crippen molar-refractivity contribution in [2.75, 3.05) is 7.11 Å². The largest absolute Gasteiger partial charge is 0.489 e. The number of aryl methyl sites for hydroxylation is 1. The number of carbonyl (C=O) groups is 1. The molecule has 3 rings (SSSR count). The summed E-state index contributed by atoms with van der Waals surface area (Å²) in [5.74, 6) is 0.633. The summed E-state index contributed by atoms with van der Waals surface area (Å²) in [7, 11) is 1.41. The lowest BCUT2D eigenvalue weighted by atomic mass is 10.1. The summed E-state index contributed by atoms with van der Waals surface area (Å²) in [4.78, 5) is 11.2. The van der Waals surface area contributed by atoms with Crippen molar-refractivity contribution in [1.29, 1.82) is 0 Å². The molecule has 0 aliphatic heterocycles. The summed E-state index contributed by atoms with van der Waals surface area (Å²) in [5, 5.41) is 4.23. The van der Waals surface area contributed by atoms with Crippen molar-refractivity contribution in [1.82, 2.24) is 0 Å². The molecule has 3 nitrogen and oxygen atoms in total. The Balaban J connectivity index is 1.57. The van der Waals surface area contributed by atoms with Crippen LogP contribution in [0.4, 0.5) is 0 Å². The van der Waals surface area contributed by atoms with E-state index < -0.39 is 0 Å². The van der Waals surface area contributed by atoms with Gasteiger partial charge < -0.3 is 9.47 Å². The highest BCUT2D eigenvalue weighted by Crippen LogP contribution is 2.23. The van der Waals surface area contributed by atoms with Gasteiger partial charge in [0.15, 0.2) is 0 Å². The van der Waals surface area contributed by atoms with E-state index >= 15 is 0 Å². The van der Waals surface area contributed by atoms with Crippen LogP contribution in [0.15, 0.2) is 65.4 Å². The lowest BCUT2D eigenvalue weighted by molar-refractivity contribution is -0.140. The number of methoxy groups -OCH3 is 1. The molecule has 0 aliphatic rings. The van der Waals surface area contributed by atoms with Gasteiger partial charge in [-0.2, -0.15) is 11.3 Å². The van der Waals surface area contributed by atoms with Gasteiger partial charge in [-0.05, 0) is 63.7 Å². The van der Waals surface area contributed by atoms with Crippen molar-refractivity contribution >= 4 is 17.3 Å². The first-order valence-electron chi connectivity index (χ1n) is 8.14. The molecule has 1 aromatic heterocycles. The van der Waals surface area contributed by atoms with E-state index in [4.69, 9.17) is 4.74 Å². The Morgan fingerprint density at radius 2 is 1.84 bits per heavy atom. The quantitative estimate of drug-likeness (QED) is 0.555. The summed E-state index contributed by atoms with van der Waals surface area (Å²) in [6.07, 6.45) is 1.07. The predicted octanol–water partition coefficient (Wildman–Crippen LogP) is 5.10. The SMILES string of the molecule is COC(=O)CCc1ccc(OCc2cccc(-c3ccsc3)c2)cc1. The third kappa shape index (κ3) is 4.94. The average Bonchev–Trinajstić information content (AvgIpc) is 3.20. The fourth-order valence-electron chi connectivity index (χ4n) is 2.54. The van der Waals surface area contributed by atoms with E-state index in [2.05, 4.69) is 45.8 Å². The van der Waals surface area contributed by atoms with Crippen LogP contribution in [0.25, 0.3) is 11.1 Å². The number of hydrogen-bond donors (Lipinski definition) is 0. The van der Waals surface area contributed by atoms with Crippen LogP contribution in [0.2, 0.25) is 0 Å². The maximum absolute atomic E-state index is 11.2. The fourth-order valence-corrected chi connectivity index (χ4v) is 3.20. The molecule has 0 spiro atoms. The van der Waals surface area contributed by atoms with Gasteiger partial charge in [0, 0.05) is 6.42 Å². The van der Waals surface area contributed by atoms with Gasteiger partial charge in [0.25, 0.3) is 0 Å². The van der Waals surface area contributed by atoms with Gasteiger partial charge in [0.1, 0.15) is 12.4 Å². The molecule has 0 amide bonds. The van der Waals surface area contributed by atoms with Crippen LogP contribution in [0.3, 0.4) is 0 Å². The second kappa shape index (κ2) is 8.49. The third-order valence-electron chi connectivity index (χ3n) is 3.96. The maximum Gasteiger partial charge on any atom is 0.305 e. The normalized spacial score (nSPS) is 10.4. The molecule has 0 radical (unpaired) electrons. The number of ether oxygens (including phenoxy) is 2. The van der Waals surface area contributed by atoms with Crippen LogP contribution in [0, 0.1) is 0 Å². The highest BCUT2D eigenvalue weighted by atomic mass is 32.1. The van der Waals surface area contributed by atoms with Gasteiger partial charge in [0.05, 0.1) is 7.11 Å². The topological polar surface area (TPSA) is 35.5 Å². The number of thiophene rings is 1. The first kappa shape index (κ1) is 17.2. The van der Waals surface area contributed by atoms with E-state index in [-0.39, 0.29) is 5.97 Å². The Labute approximate surface area is 151 Å². The molecular formula is C21H20O3S. The Morgan fingerprint density at radius 3 is 2.56 bits per heavy atom. The molecule has 0 bridgehead atoms. The lowest BCUT2D eigenvalue weighted by Gasteiger charge is -2.08. The molecule has 0 unspecified atom stereocenters. The molecule has 0 aliphatic carbocycles. The Morgan fingerprint density at radius 1 is 1.00 bits per heavy atom. The molecule has 0 saturated heterocycles. The highest BCUT2D eigenvalue weighted by Gasteiger charge is 2.03. The number of benzene rings is 2. The molecule has 0 fully saturated rings. The molecular weight excluding hydrogens is 332 g/mol. The molecule has 0 saturated carbocycles. The van der Waals surface area contributed by atoms with E-state index in [1.807, 2.05) is 24.3 Å². The van der Waals surface area contributed by atoms with E-state index in [0.29, 0.717) is 19.4 Å². The molecule has 1 heterocycles. The Hall–Kier alpha value is -2.59. The standard InChI is InChI=1S/C21H20O3S/c1-23-21(22)10-7-16-5-8-20(9-6-16)24-14-17-3-2-4-18(13-17)19-11-12-25-15-19/h2-6,8-9,11-13,15H,7,10,14H2,1H3. The zero-order valence-corrected chi connectivity index (χ0v) is 14.9. The Kier molecular flexibility index (Phi) is 5.86. The van der Waals surface area contributed by atoms with Crippen molar-refractivity contribution in [3.05, 3.63) is 76.5 Å². The van der Waals surface area contributed by atoms with E-state index in [9.17, 15) is 4.79 Å². The zero-order valence-electron chi connectivity index (χ0n) is 14.1. The van der Waals surface area contributed by atoms with Gasteiger partial charge in [-0.3, -0.25) is 4.79 Å². The van der Waals surface area contributed by atoms with Crippen LogP contribution < -0.4 is 4.74 Å². The van der Waals surface area contributed by atoms with Crippen LogP contribution in [0.1, 0.15) is 17.5 Å². The third-order valence-corrected chi connectivity index (χ3v) is 4.64. The second-order valence-corrected chi connectivity index (χ2v) is 6.50. The minimum absolute atomic E-state index is 0.189. The maximum atomic E-state index is 11.2. The number of rotatable bonds is 7. The lowest BCUT2D eigenvalue weighted by Crippen LogP contribution is -2.02. The van der Waals surface area contributed by atoms with Gasteiger partial charge >= 0.3 is 5.97 Å². The molecule has 3 aromatic rings. The minimum atomic E-state index is -0.189. The zero-order chi connectivity index (χ0) is 17.5. The van der Waals surface area contributed by atoms with Crippen LogP contribution in [-0.4, -0.2) is 13.1 Å².